The number of anilines is 2. The van der Waals surface area contributed by atoms with Crippen LogP contribution in [0.5, 0.6) is 23.0 Å². The number of halogens is 3. The summed E-state index contributed by atoms with van der Waals surface area (Å²) in [5.41, 5.74) is 16.9. The minimum Gasteiger partial charge on any atom is -0.497 e. The average molecular weight is 1360 g/mol. The van der Waals surface area contributed by atoms with E-state index in [9.17, 15) is 0 Å². The van der Waals surface area contributed by atoms with E-state index in [1.165, 1.54) is 0 Å². The molecule has 0 unspecified atom stereocenters. The van der Waals surface area contributed by atoms with Crippen LogP contribution in [0.15, 0.2) is 212 Å². The molecule has 21 heteroatoms. The van der Waals surface area contributed by atoms with Gasteiger partial charge in [0.05, 0.1) is 86.6 Å². The average Bonchev–Trinajstić information content (AvgIpc) is 1.65. The van der Waals surface area contributed by atoms with E-state index in [0.717, 1.165) is 133 Å². The molecule has 0 aliphatic rings. The van der Waals surface area contributed by atoms with Gasteiger partial charge in [-0.2, -0.15) is 0 Å². The van der Waals surface area contributed by atoms with Crippen LogP contribution in [0.3, 0.4) is 0 Å². The number of nitrogens with zero attached hydrogens (tertiary/aromatic N) is 13. The van der Waals surface area contributed by atoms with Gasteiger partial charge in [-0.1, -0.05) is 71.7 Å². The molecule has 0 aliphatic heterocycles. The molecule has 6 aromatic carbocycles. The van der Waals surface area contributed by atoms with Crippen molar-refractivity contribution >= 4 is 95.0 Å². The Morgan fingerprint density at radius 1 is 0.495 bits per heavy atom. The summed E-state index contributed by atoms with van der Waals surface area (Å²) in [4.78, 5) is 24.5. The number of methoxy groups -OCH3 is 4. The summed E-state index contributed by atoms with van der Waals surface area (Å²) in [6.45, 7) is 21.7. The number of aromatic nitrogens is 10. The van der Waals surface area contributed by atoms with Gasteiger partial charge in [-0.3, -0.25) is 18.8 Å². The first kappa shape index (κ1) is 63.9. The van der Waals surface area contributed by atoms with Gasteiger partial charge in [-0.05, 0) is 171 Å². The van der Waals surface area contributed by atoms with Gasteiger partial charge in [-0.15, -0.1) is 20.4 Å². The Balaban J connectivity index is 0.000000161. The maximum atomic E-state index is 7.82. The summed E-state index contributed by atoms with van der Waals surface area (Å²) >= 11 is 17.9. The van der Waals surface area contributed by atoms with Crippen LogP contribution < -0.4 is 28.7 Å². The first-order valence-corrected chi connectivity index (χ1v) is 31.4. The third-order valence-corrected chi connectivity index (χ3v) is 17.5. The van der Waals surface area contributed by atoms with Gasteiger partial charge in [-0.25, -0.2) is 9.69 Å². The Kier molecular flexibility index (Phi) is 19.3. The number of fused-ring (bicyclic) bond motifs is 4. The zero-order valence-electron chi connectivity index (χ0n) is 52.5. The maximum absolute atomic E-state index is 7.82. The van der Waals surface area contributed by atoms with Gasteiger partial charge in [0.1, 0.15) is 35.7 Å². The quantitative estimate of drug-likeness (QED) is 0.0861. The normalized spacial score (nSPS) is 10.9. The molecule has 0 saturated heterocycles. The van der Waals surface area contributed by atoms with Crippen LogP contribution in [0.2, 0.25) is 10.0 Å². The van der Waals surface area contributed by atoms with Crippen LogP contribution in [-0.4, -0.2) is 77.2 Å². The molecule has 0 bridgehead atoms. The number of hydrogen-bond donors (Lipinski definition) is 1. The van der Waals surface area contributed by atoms with E-state index in [-0.39, 0.29) is 0 Å². The summed E-state index contributed by atoms with van der Waals surface area (Å²) in [6, 6.07) is 47.8. The summed E-state index contributed by atoms with van der Waals surface area (Å²) in [5.74, 6) is 3.22. The minimum atomic E-state index is 0.570. The molecule has 18 nitrogen and oxygen atoms in total. The third-order valence-electron chi connectivity index (χ3n) is 16.3. The smallest absolute Gasteiger partial charge is 0.190 e. The standard InChI is InChI=1S/C37H30ClN7O2.C31H27ClN4O2.C6H4BrN3/c1-24-15-34-30(16-33(24)39-2)32(22-45(34)27-9-14-36-42-41-23-44(36)21-27)31-17-40-18-35(37(31)38)43(19-25-5-10-28(46-3)11-6-25)20-26-7-12-29(47-4)13-8-26;1-20-13-29-25(14-28(20)33-2)26(16-35-29)27-15-34-17-30(31(27)32)36(18-21-5-9-23(37-3)10-6-21)19-22-7-11-24(38-4)12-8-22;7-5-1-2-6-9-8-4-10(6)3-5/h5-18,21-23H,19-20H2,1,3-4H3;5-17,35H,18-19H2,1,3-4H3;1-4H. The molecule has 0 radical (unpaired) electrons. The second-order valence-corrected chi connectivity index (χ2v) is 23.9. The largest absolute Gasteiger partial charge is 0.497 e. The van der Waals surface area contributed by atoms with Crippen molar-refractivity contribution in [2.24, 2.45) is 0 Å². The van der Waals surface area contributed by atoms with E-state index >= 15 is 0 Å². The topological polar surface area (TPSA) is 159 Å². The molecule has 14 rings (SSSR count). The van der Waals surface area contributed by atoms with Crippen LogP contribution in [0, 0.1) is 27.0 Å². The zero-order valence-corrected chi connectivity index (χ0v) is 55.6. The van der Waals surface area contributed by atoms with Gasteiger partial charge in [0, 0.05) is 95.6 Å². The molecular formula is C74H61BrCl2N14O4. The van der Waals surface area contributed by atoms with E-state index in [4.69, 9.17) is 60.3 Å². The van der Waals surface area contributed by atoms with Crippen LogP contribution in [0.1, 0.15) is 33.4 Å². The number of pyridine rings is 4. The molecule has 8 heterocycles. The van der Waals surface area contributed by atoms with Crippen molar-refractivity contribution in [3.8, 4) is 50.9 Å². The predicted octanol–water partition coefficient (Wildman–Crippen LogP) is 17.9. The molecule has 0 aliphatic carbocycles. The van der Waals surface area contributed by atoms with Crippen LogP contribution in [-0.2, 0) is 26.2 Å². The van der Waals surface area contributed by atoms with E-state index in [1.54, 1.807) is 53.5 Å². The molecule has 14 aromatic rings. The Hall–Kier alpha value is -11.2. The van der Waals surface area contributed by atoms with Crippen molar-refractivity contribution in [2.45, 2.75) is 40.0 Å². The monoisotopic (exact) mass is 1360 g/mol. The molecule has 1 N–H and O–H groups in total. The Labute approximate surface area is 566 Å². The molecule has 0 amide bonds. The molecular weight excluding hydrogens is 1300 g/mol. The number of rotatable bonds is 17. The lowest BCUT2D eigenvalue weighted by Gasteiger charge is -2.27. The third kappa shape index (κ3) is 14.1. The molecule has 0 saturated carbocycles. The Morgan fingerprint density at radius 3 is 1.39 bits per heavy atom. The van der Waals surface area contributed by atoms with E-state index < -0.39 is 0 Å². The van der Waals surface area contributed by atoms with Gasteiger partial charge < -0.3 is 38.3 Å². The molecule has 472 valence electrons. The van der Waals surface area contributed by atoms with Crippen molar-refractivity contribution in [1.29, 1.82) is 0 Å². The van der Waals surface area contributed by atoms with Crippen molar-refractivity contribution in [1.82, 2.24) is 48.7 Å². The highest BCUT2D eigenvalue weighted by Gasteiger charge is 2.23. The lowest BCUT2D eigenvalue weighted by atomic mass is 10.0. The second-order valence-electron chi connectivity index (χ2n) is 22.3. The predicted molar refractivity (Wildman–Crippen MR) is 379 cm³/mol. The lowest BCUT2D eigenvalue weighted by molar-refractivity contribution is 0.414. The van der Waals surface area contributed by atoms with Gasteiger partial charge in [0.2, 0.25) is 0 Å². The summed E-state index contributed by atoms with van der Waals surface area (Å²) < 4.78 is 28.3. The lowest BCUT2D eigenvalue weighted by Crippen LogP contribution is -2.22. The van der Waals surface area contributed by atoms with Crippen molar-refractivity contribution < 1.29 is 18.9 Å². The van der Waals surface area contributed by atoms with E-state index in [2.05, 4.69) is 125 Å². The van der Waals surface area contributed by atoms with Crippen molar-refractivity contribution in [2.75, 3.05) is 38.2 Å². The number of aryl methyl sites for hydroxylation is 2. The molecule has 0 spiro atoms. The zero-order chi connectivity index (χ0) is 66.1. The summed E-state index contributed by atoms with van der Waals surface area (Å²) in [7, 11) is 6.65. The molecule has 95 heavy (non-hydrogen) atoms. The number of ether oxygens (including phenoxy) is 4. The van der Waals surface area contributed by atoms with E-state index in [1.807, 2.05) is 151 Å². The second kappa shape index (κ2) is 28.7. The Bertz CT molecular complexity index is 5040. The highest BCUT2D eigenvalue weighted by atomic mass is 79.9. The highest BCUT2D eigenvalue weighted by molar-refractivity contribution is 9.10. The van der Waals surface area contributed by atoms with Gasteiger partial charge in [0.15, 0.2) is 22.7 Å². The van der Waals surface area contributed by atoms with Gasteiger partial charge >= 0.3 is 0 Å². The SMILES string of the molecule is Brc1ccc2nncn2c1.[C-]#[N+]c1cc2c(-c3cncc(N(Cc4ccc(OC)cc4)Cc4ccc(OC)cc4)c3Cl)c[nH]c2cc1C.[C-]#[N+]c1cc2c(-c3cncc(N(Cc4ccc(OC)cc4)Cc4ccc(OC)cc4)c3Cl)cn(-c3ccc4nncn4c3)c2cc1C. The van der Waals surface area contributed by atoms with Crippen molar-refractivity contribution in [3.05, 3.63) is 279 Å². The van der Waals surface area contributed by atoms with Crippen LogP contribution in [0.4, 0.5) is 22.7 Å². The molecule has 0 atom stereocenters. The highest BCUT2D eigenvalue weighted by Crippen LogP contribution is 2.44. The first-order valence-electron chi connectivity index (χ1n) is 29.9. The number of aromatic amines is 1. The Morgan fingerprint density at radius 2 is 0.926 bits per heavy atom. The fourth-order valence-corrected chi connectivity index (χ4v) is 12.2. The first-order chi connectivity index (χ1) is 46.3. The van der Waals surface area contributed by atoms with Crippen molar-refractivity contribution in [3.63, 3.8) is 0 Å². The van der Waals surface area contributed by atoms with Gasteiger partial charge in [0.25, 0.3) is 0 Å². The molecule has 8 aromatic heterocycles. The summed E-state index contributed by atoms with van der Waals surface area (Å²) in [5, 5.41) is 18.8. The number of nitrogens with one attached hydrogen (secondary N) is 1. The fourth-order valence-electron chi connectivity index (χ4n) is 11.2. The number of benzene rings is 6. The summed E-state index contributed by atoms with van der Waals surface area (Å²) in [6.07, 6.45) is 18.4. The van der Waals surface area contributed by atoms with Crippen LogP contribution >= 0.6 is 39.1 Å². The number of hydrogen-bond acceptors (Lipinski definition) is 12. The minimum absolute atomic E-state index is 0.570. The maximum Gasteiger partial charge on any atom is 0.190 e. The fraction of sp³-hybridized carbons (Fsp3) is 0.135. The molecule has 0 fully saturated rings. The van der Waals surface area contributed by atoms with E-state index in [0.29, 0.717) is 47.6 Å². The van der Waals surface area contributed by atoms with Crippen LogP contribution in [0.25, 0.3) is 70.7 Å². The number of H-pyrrole nitrogens is 1.